The lowest BCUT2D eigenvalue weighted by Gasteiger charge is -2.06. The fourth-order valence-electron chi connectivity index (χ4n) is 1.39. The molecular weight excluding hydrogens is 282 g/mol. The Kier molecular flexibility index (Phi) is 4.65. The number of thioether (sulfide) groups is 1. The van der Waals surface area contributed by atoms with Crippen molar-refractivity contribution in [3.63, 3.8) is 0 Å². The molecule has 2 aromatic rings. The number of amides is 1. The quantitative estimate of drug-likeness (QED) is 0.850. The van der Waals surface area contributed by atoms with Crippen LogP contribution in [0.15, 0.2) is 47.6 Å². The van der Waals surface area contributed by atoms with Crippen LogP contribution in [0.1, 0.15) is 0 Å². The molecule has 0 aliphatic carbocycles. The SMILES string of the molecule is Nc1cccnc1SCC(=O)Nc1ccc(Cl)cc1. The number of carbonyl (C=O) groups excluding carboxylic acids is 1. The molecule has 0 radical (unpaired) electrons. The highest BCUT2D eigenvalue weighted by molar-refractivity contribution is 8.00. The van der Waals surface area contributed by atoms with E-state index in [2.05, 4.69) is 10.3 Å². The van der Waals surface area contributed by atoms with Crippen LogP contribution in [0.25, 0.3) is 0 Å². The molecule has 0 aliphatic heterocycles. The third kappa shape index (κ3) is 4.15. The maximum Gasteiger partial charge on any atom is 0.234 e. The van der Waals surface area contributed by atoms with Gasteiger partial charge in [-0.2, -0.15) is 0 Å². The third-order valence-corrected chi connectivity index (χ3v) is 3.54. The molecule has 0 saturated heterocycles. The summed E-state index contributed by atoms with van der Waals surface area (Å²) in [6.07, 6.45) is 1.65. The van der Waals surface area contributed by atoms with Crippen molar-refractivity contribution in [2.24, 2.45) is 0 Å². The van der Waals surface area contributed by atoms with E-state index in [0.717, 1.165) is 0 Å². The van der Waals surface area contributed by atoms with Gasteiger partial charge in [0.1, 0.15) is 5.03 Å². The number of nitrogens with one attached hydrogen (secondary N) is 1. The number of carbonyl (C=O) groups is 1. The zero-order chi connectivity index (χ0) is 13.7. The van der Waals surface area contributed by atoms with E-state index in [1.807, 2.05) is 0 Å². The lowest BCUT2D eigenvalue weighted by atomic mass is 10.3. The van der Waals surface area contributed by atoms with Crippen LogP contribution in [-0.2, 0) is 4.79 Å². The Bertz CT molecular complexity index is 574. The second-order valence-electron chi connectivity index (χ2n) is 3.74. The molecule has 1 aromatic heterocycles. The van der Waals surface area contributed by atoms with Gasteiger partial charge in [0.15, 0.2) is 0 Å². The number of aromatic nitrogens is 1. The van der Waals surface area contributed by atoms with E-state index >= 15 is 0 Å². The highest BCUT2D eigenvalue weighted by atomic mass is 35.5. The van der Waals surface area contributed by atoms with Crippen molar-refractivity contribution >= 4 is 40.6 Å². The number of nitrogens with two attached hydrogens (primary N) is 1. The summed E-state index contributed by atoms with van der Waals surface area (Å²) in [5.41, 5.74) is 7.03. The van der Waals surface area contributed by atoms with Crippen LogP contribution in [0.5, 0.6) is 0 Å². The maximum absolute atomic E-state index is 11.7. The lowest BCUT2D eigenvalue weighted by molar-refractivity contribution is -0.113. The molecule has 98 valence electrons. The molecule has 2 rings (SSSR count). The summed E-state index contributed by atoms with van der Waals surface area (Å²) in [5.74, 6) is 0.140. The van der Waals surface area contributed by atoms with Crippen molar-refractivity contribution < 1.29 is 4.79 Å². The number of rotatable bonds is 4. The smallest absolute Gasteiger partial charge is 0.234 e. The summed E-state index contributed by atoms with van der Waals surface area (Å²) < 4.78 is 0. The summed E-state index contributed by atoms with van der Waals surface area (Å²) in [7, 11) is 0. The molecule has 0 atom stereocenters. The normalized spacial score (nSPS) is 10.2. The zero-order valence-electron chi connectivity index (χ0n) is 9.97. The third-order valence-electron chi connectivity index (χ3n) is 2.27. The van der Waals surface area contributed by atoms with E-state index in [-0.39, 0.29) is 11.7 Å². The van der Waals surface area contributed by atoms with E-state index in [0.29, 0.717) is 21.4 Å². The number of pyridine rings is 1. The molecule has 0 spiro atoms. The summed E-state index contributed by atoms with van der Waals surface area (Å²) in [4.78, 5) is 15.9. The van der Waals surface area contributed by atoms with Crippen LogP contribution in [0.4, 0.5) is 11.4 Å². The van der Waals surface area contributed by atoms with E-state index in [1.165, 1.54) is 11.8 Å². The van der Waals surface area contributed by atoms with Crippen molar-refractivity contribution in [2.75, 3.05) is 16.8 Å². The van der Waals surface area contributed by atoms with E-state index in [1.54, 1.807) is 42.6 Å². The van der Waals surface area contributed by atoms with E-state index in [9.17, 15) is 4.79 Å². The van der Waals surface area contributed by atoms with Gasteiger partial charge in [-0.25, -0.2) is 4.98 Å². The van der Waals surface area contributed by atoms with Crippen molar-refractivity contribution in [3.05, 3.63) is 47.6 Å². The van der Waals surface area contributed by atoms with Crippen LogP contribution < -0.4 is 11.1 Å². The number of hydrogen-bond acceptors (Lipinski definition) is 4. The number of nitrogen functional groups attached to an aromatic ring is 1. The van der Waals surface area contributed by atoms with Crippen molar-refractivity contribution in [2.45, 2.75) is 5.03 Å². The standard InChI is InChI=1S/C13H12ClN3OS/c14-9-3-5-10(6-4-9)17-12(18)8-19-13-11(15)2-1-7-16-13/h1-7H,8,15H2,(H,17,18). The minimum atomic E-state index is -0.114. The molecular formula is C13H12ClN3OS. The number of halogens is 1. The van der Waals surface area contributed by atoms with Crippen LogP contribution in [0, 0.1) is 0 Å². The minimum absolute atomic E-state index is 0.114. The largest absolute Gasteiger partial charge is 0.397 e. The predicted molar refractivity (Wildman–Crippen MR) is 79.5 cm³/mol. The fourth-order valence-corrected chi connectivity index (χ4v) is 2.22. The molecule has 6 heteroatoms. The van der Waals surface area contributed by atoms with Crippen molar-refractivity contribution in [3.8, 4) is 0 Å². The Labute approximate surface area is 120 Å². The summed E-state index contributed by atoms with van der Waals surface area (Å²) in [6, 6.07) is 10.5. The van der Waals surface area contributed by atoms with Gasteiger partial charge in [-0.05, 0) is 36.4 Å². The minimum Gasteiger partial charge on any atom is -0.397 e. The van der Waals surface area contributed by atoms with E-state index in [4.69, 9.17) is 17.3 Å². The number of benzene rings is 1. The molecule has 0 bridgehead atoms. The Balaban J connectivity index is 1.88. The van der Waals surface area contributed by atoms with Gasteiger partial charge in [0.25, 0.3) is 0 Å². The molecule has 0 aliphatic rings. The average Bonchev–Trinajstić information content (AvgIpc) is 2.40. The number of nitrogens with zero attached hydrogens (tertiary/aromatic N) is 1. The number of anilines is 2. The first kappa shape index (κ1) is 13.7. The van der Waals surface area contributed by atoms with Crippen molar-refractivity contribution in [1.29, 1.82) is 0 Å². The maximum atomic E-state index is 11.7. The Hall–Kier alpha value is -1.72. The molecule has 1 amide bonds. The predicted octanol–water partition coefficient (Wildman–Crippen LogP) is 3.05. The Morgan fingerprint density at radius 2 is 2.05 bits per heavy atom. The highest BCUT2D eigenvalue weighted by Crippen LogP contribution is 2.21. The summed E-state index contributed by atoms with van der Waals surface area (Å²) in [5, 5.41) is 4.07. The molecule has 0 saturated carbocycles. The highest BCUT2D eigenvalue weighted by Gasteiger charge is 2.06. The lowest BCUT2D eigenvalue weighted by Crippen LogP contribution is -2.14. The average molecular weight is 294 g/mol. The van der Waals surface area contributed by atoms with Gasteiger partial charge in [0.05, 0.1) is 11.4 Å². The Morgan fingerprint density at radius 3 is 2.74 bits per heavy atom. The fraction of sp³-hybridized carbons (Fsp3) is 0.0769. The second kappa shape index (κ2) is 6.45. The van der Waals surface area contributed by atoms with Gasteiger partial charge >= 0.3 is 0 Å². The van der Waals surface area contributed by atoms with Gasteiger partial charge in [0.2, 0.25) is 5.91 Å². The second-order valence-corrected chi connectivity index (χ2v) is 5.14. The Morgan fingerprint density at radius 1 is 1.32 bits per heavy atom. The van der Waals surface area contributed by atoms with Gasteiger partial charge in [0, 0.05) is 16.9 Å². The van der Waals surface area contributed by atoms with Crippen molar-refractivity contribution in [1.82, 2.24) is 4.98 Å². The van der Waals surface area contributed by atoms with Crippen LogP contribution in [-0.4, -0.2) is 16.6 Å². The molecule has 1 heterocycles. The van der Waals surface area contributed by atoms with Gasteiger partial charge < -0.3 is 11.1 Å². The van der Waals surface area contributed by atoms with Gasteiger partial charge in [-0.1, -0.05) is 23.4 Å². The molecule has 0 fully saturated rings. The van der Waals surface area contributed by atoms with Gasteiger partial charge in [-0.3, -0.25) is 4.79 Å². The molecule has 4 nitrogen and oxygen atoms in total. The van der Waals surface area contributed by atoms with Crippen LogP contribution >= 0.6 is 23.4 Å². The number of hydrogen-bond donors (Lipinski definition) is 2. The first-order chi connectivity index (χ1) is 9.15. The monoisotopic (exact) mass is 293 g/mol. The van der Waals surface area contributed by atoms with Gasteiger partial charge in [-0.15, -0.1) is 0 Å². The first-order valence-electron chi connectivity index (χ1n) is 5.54. The van der Waals surface area contributed by atoms with Crippen LogP contribution in [0.3, 0.4) is 0 Å². The molecule has 3 N–H and O–H groups in total. The van der Waals surface area contributed by atoms with E-state index < -0.39 is 0 Å². The molecule has 0 unspecified atom stereocenters. The molecule has 1 aromatic carbocycles. The molecule has 19 heavy (non-hydrogen) atoms. The summed E-state index contributed by atoms with van der Waals surface area (Å²) >= 11 is 7.07. The first-order valence-corrected chi connectivity index (χ1v) is 6.90. The topological polar surface area (TPSA) is 68.0 Å². The van der Waals surface area contributed by atoms with Crippen LogP contribution in [0.2, 0.25) is 5.02 Å². The summed E-state index contributed by atoms with van der Waals surface area (Å²) in [6.45, 7) is 0. The zero-order valence-corrected chi connectivity index (χ0v) is 11.5.